The number of hydrogen-bond acceptors (Lipinski definition) is 5. The summed E-state index contributed by atoms with van der Waals surface area (Å²) in [5.74, 6) is 0.603. The predicted molar refractivity (Wildman–Crippen MR) is 100 cm³/mol. The van der Waals surface area contributed by atoms with E-state index in [2.05, 4.69) is 70.9 Å². The van der Waals surface area contributed by atoms with Gasteiger partial charge in [-0.2, -0.15) is 5.48 Å². The normalized spacial score (nSPS) is 30.2. The number of likely N-dealkylation sites (N-methyl/N-ethyl adjacent to an activating group) is 1. The number of epoxide rings is 1. The zero-order chi connectivity index (χ0) is 17.7. The molecule has 2 fully saturated rings. The molecule has 0 spiro atoms. The Balaban J connectivity index is 1.41. The van der Waals surface area contributed by atoms with Crippen molar-refractivity contribution in [2.75, 3.05) is 31.6 Å². The number of nitrogens with one attached hydrogen (secondary N) is 1. The van der Waals surface area contributed by atoms with Gasteiger partial charge in [-0.15, -0.1) is 0 Å². The van der Waals surface area contributed by atoms with Crippen LogP contribution in [0, 0.1) is 0 Å². The summed E-state index contributed by atoms with van der Waals surface area (Å²) in [4.78, 5) is 5.04. The standard InChI is InChI=1S/C21H25N3O2/c1-23-11-10-20-18(13-23)17-4-2-3-5-19(17)24(20)12-15-6-8-16(9-7-15)21(22-25)14-26-21/h2-9,18,20,22,25H,10-14H2,1H3. The van der Waals surface area contributed by atoms with Gasteiger partial charge in [0.05, 0.1) is 6.61 Å². The van der Waals surface area contributed by atoms with Crippen molar-refractivity contribution < 1.29 is 9.94 Å². The van der Waals surface area contributed by atoms with Crippen LogP contribution in [0.5, 0.6) is 0 Å². The molecule has 0 bridgehead atoms. The molecule has 3 heterocycles. The number of benzene rings is 2. The Morgan fingerprint density at radius 2 is 1.96 bits per heavy atom. The van der Waals surface area contributed by atoms with Gasteiger partial charge in [-0.05, 0) is 37.2 Å². The lowest BCUT2D eigenvalue weighted by Gasteiger charge is -2.37. The van der Waals surface area contributed by atoms with Crippen molar-refractivity contribution in [1.82, 2.24) is 10.4 Å². The summed E-state index contributed by atoms with van der Waals surface area (Å²) in [7, 11) is 2.23. The maximum Gasteiger partial charge on any atom is 0.190 e. The van der Waals surface area contributed by atoms with Gasteiger partial charge >= 0.3 is 0 Å². The van der Waals surface area contributed by atoms with E-state index in [9.17, 15) is 5.21 Å². The number of hydroxylamine groups is 1. The summed E-state index contributed by atoms with van der Waals surface area (Å²) in [6.07, 6.45) is 1.21. The molecule has 2 aromatic rings. The second kappa shape index (κ2) is 6.06. The molecule has 3 atom stereocenters. The maximum atomic E-state index is 9.28. The molecular formula is C21H25N3O2. The highest BCUT2D eigenvalue weighted by molar-refractivity contribution is 5.62. The summed E-state index contributed by atoms with van der Waals surface area (Å²) in [5.41, 5.74) is 6.74. The van der Waals surface area contributed by atoms with Crippen LogP contribution in [0.3, 0.4) is 0 Å². The highest BCUT2D eigenvalue weighted by Gasteiger charge is 2.46. The number of rotatable bonds is 4. The fraction of sp³-hybridized carbons (Fsp3) is 0.429. The molecule has 3 aliphatic rings. The van der Waals surface area contributed by atoms with Crippen molar-refractivity contribution in [3.8, 4) is 0 Å². The monoisotopic (exact) mass is 351 g/mol. The molecule has 2 aromatic carbocycles. The first-order valence-electron chi connectivity index (χ1n) is 9.39. The first kappa shape index (κ1) is 16.3. The molecule has 0 amide bonds. The van der Waals surface area contributed by atoms with Crippen LogP contribution in [0.4, 0.5) is 5.69 Å². The second-order valence-corrected chi connectivity index (χ2v) is 7.84. The van der Waals surface area contributed by atoms with E-state index in [1.807, 2.05) is 0 Å². The van der Waals surface area contributed by atoms with Crippen LogP contribution in [0.1, 0.15) is 29.0 Å². The van der Waals surface area contributed by atoms with E-state index in [1.165, 1.54) is 23.2 Å². The number of piperidine rings is 1. The van der Waals surface area contributed by atoms with E-state index in [0.717, 1.165) is 25.2 Å². The molecule has 2 saturated heterocycles. The van der Waals surface area contributed by atoms with Crippen molar-refractivity contribution in [2.24, 2.45) is 0 Å². The van der Waals surface area contributed by atoms with Crippen LogP contribution < -0.4 is 10.4 Å². The molecule has 0 aromatic heterocycles. The van der Waals surface area contributed by atoms with E-state index in [1.54, 1.807) is 0 Å². The van der Waals surface area contributed by atoms with Crippen molar-refractivity contribution in [2.45, 2.75) is 30.7 Å². The molecule has 5 heteroatoms. The Morgan fingerprint density at radius 3 is 2.69 bits per heavy atom. The van der Waals surface area contributed by atoms with Gasteiger partial charge < -0.3 is 19.7 Å². The van der Waals surface area contributed by atoms with Crippen LogP contribution in [-0.2, 0) is 17.0 Å². The van der Waals surface area contributed by atoms with Gasteiger partial charge in [0.25, 0.3) is 0 Å². The average molecular weight is 351 g/mol. The summed E-state index contributed by atoms with van der Waals surface area (Å²) in [6, 6.07) is 17.9. The molecule has 3 aliphatic heterocycles. The summed E-state index contributed by atoms with van der Waals surface area (Å²) >= 11 is 0. The minimum Gasteiger partial charge on any atom is -0.363 e. The van der Waals surface area contributed by atoms with Gasteiger partial charge in [-0.3, -0.25) is 0 Å². The molecule has 26 heavy (non-hydrogen) atoms. The topological polar surface area (TPSA) is 51.3 Å². The zero-order valence-corrected chi connectivity index (χ0v) is 15.1. The zero-order valence-electron chi connectivity index (χ0n) is 15.1. The Bertz CT molecular complexity index is 803. The molecule has 5 nitrogen and oxygen atoms in total. The van der Waals surface area contributed by atoms with Crippen molar-refractivity contribution in [1.29, 1.82) is 0 Å². The van der Waals surface area contributed by atoms with Crippen LogP contribution in [0.15, 0.2) is 48.5 Å². The molecule has 0 aliphatic carbocycles. The van der Waals surface area contributed by atoms with E-state index in [4.69, 9.17) is 4.74 Å². The predicted octanol–water partition coefficient (Wildman–Crippen LogP) is 2.66. The van der Waals surface area contributed by atoms with Crippen LogP contribution in [0.2, 0.25) is 0 Å². The largest absolute Gasteiger partial charge is 0.363 e. The van der Waals surface area contributed by atoms with Crippen molar-refractivity contribution in [3.05, 3.63) is 65.2 Å². The number of nitrogens with zero attached hydrogens (tertiary/aromatic N) is 2. The Kier molecular flexibility index (Phi) is 3.79. The van der Waals surface area contributed by atoms with Gasteiger partial charge in [0, 0.05) is 36.3 Å². The van der Waals surface area contributed by atoms with Crippen LogP contribution >= 0.6 is 0 Å². The maximum absolute atomic E-state index is 9.28. The molecule has 5 rings (SSSR count). The highest BCUT2D eigenvalue weighted by Crippen LogP contribution is 2.45. The Hall–Kier alpha value is -1.92. The Morgan fingerprint density at radius 1 is 1.19 bits per heavy atom. The van der Waals surface area contributed by atoms with E-state index in [0.29, 0.717) is 18.6 Å². The number of fused-ring (bicyclic) bond motifs is 3. The summed E-state index contributed by atoms with van der Waals surface area (Å²) in [6.45, 7) is 3.73. The third-order valence-electron chi connectivity index (χ3n) is 6.21. The number of ether oxygens (including phenoxy) is 1. The van der Waals surface area contributed by atoms with Gasteiger partial charge in [0.1, 0.15) is 0 Å². The second-order valence-electron chi connectivity index (χ2n) is 7.84. The van der Waals surface area contributed by atoms with E-state index < -0.39 is 5.72 Å². The number of hydrogen-bond donors (Lipinski definition) is 2. The molecular weight excluding hydrogens is 326 g/mol. The lowest BCUT2D eigenvalue weighted by molar-refractivity contribution is 0.0546. The third kappa shape index (κ3) is 2.55. The first-order valence-corrected chi connectivity index (χ1v) is 9.39. The molecule has 3 unspecified atom stereocenters. The fourth-order valence-electron chi connectivity index (χ4n) is 4.67. The number of anilines is 1. The SMILES string of the molecule is CN1CCC2C(C1)c1ccccc1N2Cc1ccc(C2(NO)CO2)cc1. The summed E-state index contributed by atoms with van der Waals surface area (Å²) in [5, 5.41) is 9.28. The van der Waals surface area contributed by atoms with Gasteiger partial charge in [0.15, 0.2) is 5.72 Å². The molecule has 2 N–H and O–H groups in total. The molecule has 0 radical (unpaired) electrons. The highest BCUT2D eigenvalue weighted by atomic mass is 16.7. The van der Waals surface area contributed by atoms with Gasteiger partial charge in [-0.25, -0.2) is 0 Å². The molecule has 136 valence electrons. The average Bonchev–Trinajstić information content (AvgIpc) is 3.43. The van der Waals surface area contributed by atoms with Crippen LogP contribution in [0.25, 0.3) is 0 Å². The Labute approximate surface area is 154 Å². The van der Waals surface area contributed by atoms with Gasteiger partial charge in [0.2, 0.25) is 0 Å². The number of likely N-dealkylation sites (tertiary alicyclic amines) is 1. The minimum atomic E-state index is -0.683. The molecule has 0 saturated carbocycles. The van der Waals surface area contributed by atoms with E-state index >= 15 is 0 Å². The quantitative estimate of drug-likeness (QED) is 0.655. The van der Waals surface area contributed by atoms with E-state index in [-0.39, 0.29) is 0 Å². The lowest BCUT2D eigenvalue weighted by atomic mass is 9.89. The first-order chi connectivity index (χ1) is 12.7. The summed E-state index contributed by atoms with van der Waals surface area (Å²) < 4.78 is 5.36. The number of para-hydroxylation sites is 1. The van der Waals surface area contributed by atoms with Crippen molar-refractivity contribution in [3.63, 3.8) is 0 Å². The minimum absolute atomic E-state index is 0.514. The smallest absolute Gasteiger partial charge is 0.190 e. The van der Waals surface area contributed by atoms with Gasteiger partial charge in [-0.1, -0.05) is 42.5 Å². The fourth-order valence-corrected chi connectivity index (χ4v) is 4.67. The lowest BCUT2D eigenvalue weighted by Crippen LogP contribution is -2.44. The third-order valence-corrected chi connectivity index (χ3v) is 6.21. The van der Waals surface area contributed by atoms with Crippen molar-refractivity contribution >= 4 is 5.69 Å². The van der Waals surface area contributed by atoms with Crippen LogP contribution in [-0.4, -0.2) is 42.9 Å².